The first-order chi connectivity index (χ1) is 6.25. The van der Waals surface area contributed by atoms with Crippen LogP contribution < -0.4 is 5.32 Å². The molecule has 4 heteroatoms. The van der Waals surface area contributed by atoms with Crippen molar-refractivity contribution < 1.29 is 9.59 Å². The van der Waals surface area contributed by atoms with Crippen LogP contribution in [0.5, 0.6) is 0 Å². The smallest absolute Gasteiger partial charge is 0.259 e. The second-order valence-electron chi connectivity index (χ2n) is 4.35. The number of hydrogen-bond acceptors (Lipinski definition) is 2. The summed E-state index contributed by atoms with van der Waals surface area (Å²) in [6.45, 7) is 0. The maximum atomic E-state index is 11.1. The Labute approximate surface area is 76.3 Å². The minimum Gasteiger partial charge on any atom is -0.259 e. The van der Waals surface area contributed by atoms with E-state index < -0.39 is 0 Å². The molecule has 1 aliphatic heterocycles. The lowest BCUT2D eigenvalue weighted by atomic mass is 9.94. The molecule has 13 heavy (non-hydrogen) atoms. The SMILES string of the molecule is O=C1NC(=O)N1C1CC2CCC1C2. The molecule has 2 bridgehead atoms. The van der Waals surface area contributed by atoms with Crippen molar-refractivity contribution in [3.05, 3.63) is 0 Å². The molecule has 1 saturated heterocycles. The minimum absolute atomic E-state index is 0.192. The van der Waals surface area contributed by atoms with Gasteiger partial charge in [-0.25, -0.2) is 14.5 Å². The van der Waals surface area contributed by atoms with Crippen molar-refractivity contribution in [1.82, 2.24) is 10.2 Å². The Bertz CT molecular complexity index is 275. The second kappa shape index (κ2) is 2.25. The molecule has 2 saturated carbocycles. The Balaban J connectivity index is 1.79. The zero-order chi connectivity index (χ0) is 9.00. The van der Waals surface area contributed by atoms with Crippen LogP contribution >= 0.6 is 0 Å². The summed E-state index contributed by atoms with van der Waals surface area (Å²) in [5, 5.41) is 2.24. The summed E-state index contributed by atoms with van der Waals surface area (Å²) in [6, 6.07) is -0.162. The molecule has 70 valence electrons. The van der Waals surface area contributed by atoms with Gasteiger partial charge in [0.2, 0.25) is 0 Å². The fourth-order valence-electron chi connectivity index (χ4n) is 3.08. The predicted octanol–water partition coefficient (Wildman–Crippen LogP) is 1.32. The van der Waals surface area contributed by atoms with Gasteiger partial charge in [-0.3, -0.25) is 5.32 Å². The Morgan fingerprint density at radius 1 is 1.15 bits per heavy atom. The number of nitrogens with one attached hydrogen (secondary N) is 1. The average molecular weight is 180 g/mol. The van der Waals surface area contributed by atoms with Gasteiger partial charge in [0, 0.05) is 6.04 Å². The van der Waals surface area contributed by atoms with Crippen LogP contribution in [-0.2, 0) is 0 Å². The number of urea groups is 2. The Hall–Kier alpha value is -1.06. The molecule has 2 aliphatic carbocycles. The fourth-order valence-corrected chi connectivity index (χ4v) is 3.08. The van der Waals surface area contributed by atoms with Crippen LogP contribution in [0.3, 0.4) is 0 Å². The maximum Gasteiger partial charge on any atom is 0.333 e. The summed E-state index contributed by atoms with van der Waals surface area (Å²) in [4.78, 5) is 23.6. The van der Waals surface area contributed by atoms with Gasteiger partial charge in [-0.2, -0.15) is 0 Å². The normalized spacial score (nSPS) is 42.2. The van der Waals surface area contributed by atoms with E-state index in [0.717, 1.165) is 12.3 Å². The Morgan fingerprint density at radius 2 is 1.92 bits per heavy atom. The van der Waals surface area contributed by atoms with Gasteiger partial charge in [-0.1, -0.05) is 6.42 Å². The van der Waals surface area contributed by atoms with E-state index in [-0.39, 0.29) is 18.1 Å². The molecule has 1 N–H and O–H groups in total. The van der Waals surface area contributed by atoms with Crippen LogP contribution in [0.2, 0.25) is 0 Å². The molecule has 0 aromatic rings. The quantitative estimate of drug-likeness (QED) is 0.661. The zero-order valence-corrected chi connectivity index (χ0v) is 7.32. The molecule has 3 aliphatic rings. The standard InChI is InChI=1S/C9H12N2O2/c12-8-10-9(13)11(8)7-4-5-1-2-6(7)3-5/h5-7H,1-4H2,(H,10,12,13). The number of carbonyl (C=O) groups is 2. The Kier molecular flexibility index (Phi) is 1.27. The van der Waals surface area contributed by atoms with Crippen LogP contribution in [-0.4, -0.2) is 23.0 Å². The maximum absolute atomic E-state index is 11.1. The summed E-state index contributed by atoms with van der Waals surface area (Å²) in [5.41, 5.74) is 0. The van der Waals surface area contributed by atoms with Crippen LogP contribution in [0.15, 0.2) is 0 Å². The van der Waals surface area contributed by atoms with Gasteiger partial charge in [-0.05, 0) is 31.1 Å². The molecule has 3 fully saturated rings. The highest BCUT2D eigenvalue weighted by Crippen LogP contribution is 2.47. The van der Waals surface area contributed by atoms with E-state index in [1.807, 2.05) is 0 Å². The molecule has 0 aromatic carbocycles. The van der Waals surface area contributed by atoms with E-state index in [2.05, 4.69) is 5.32 Å². The number of carbonyl (C=O) groups excluding carboxylic acids is 2. The fraction of sp³-hybridized carbons (Fsp3) is 0.778. The van der Waals surface area contributed by atoms with Crippen molar-refractivity contribution in [1.29, 1.82) is 0 Å². The minimum atomic E-state index is -0.192. The summed E-state index contributed by atoms with van der Waals surface area (Å²) in [7, 11) is 0. The molecule has 4 nitrogen and oxygen atoms in total. The number of nitrogens with zero attached hydrogens (tertiary/aromatic N) is 1. The molecular weight excluding hydrogens is 168 g/mol. The lowest BCUT2D eigenvalue weighted by Crippen LogP contribution is -2.65. The highest BCUT2D eigenvalue weighted by atomic mass is 16.2. The molecule has 4 amide bonds. The van der Waals surface area contributed by atoms with Gasteiger partial charge >= 0.3 is 12.1 Å². The van der Waals surface area contributed by atoms with Crippen LogP contribution in [0.4, 0.5) is 9.59 Å². The largest absolute Gasteiger partial charge is 0.333 e. The van der Waals surface area contributed by atoms with E-state index in [9.17, 15) is 9.59 Å². The van der Waals surface area contributed by atoms with E-state index in [1.165, 1.54) is 24.2 Å². The lowest BCUT2D eigenvalue weighted by molar-refractivity contribution is 0.126. The van der Waals surface area contributed by atoms with E-state index in [1.54, 1.807) is 0 Å². The summed E-state index contributed by atoms with van der Waals surface area (Å²) in [5.74, 6) is 1.37. The first-order valence-electron chi connectivity index (χ1n) is 4.90. The monoisotopic (exact) mass is 180 g/mol. The summed E-state index contributed by atoms with van der Waals surface area (Å²) in [6.07, 6.45) is 4.77. The van der Waals surface area contributed by atoms with Gasteiger partial charge in [-0.15, -0.1) is 0 Å². The van der Waals surface area contributed by atoms with Gasteiger partial charge in [0.25, 0.3) is 0 Å². The van der Waals surface area contributed by atoms with Crippen molar-refractivity contribution in [3.8, 4) is 0 Å². The third-order valence-corrected chi connectivity index (χ3v) is 3.68. The lowest BCUT2D eigenvalue weighted by Gasteiger charge is -2.38. The molecular formula is C9H12N2O2. The predicted molar refractivity (Wildman–Crippen MR) is 45.0 cm³/mol. The first kappa shape index (κ1) is 7.35. The van der Waals surface area contributed by atoms with E-state index >= 15 is 0 Å². The summed E-state index contributed by atoms with van der Waals surface area (Å²) >= 11 is 0. The van der Waals surface area contributed by atoms with Crippen molar-refractivity contribution in [2.75, 3.05) is 0 Å². The van der Waals surface area contributed by atoms with Gasteiger partial charge in [0.15, 0.2) is 0 Å². The van der Waals surface area contributed by atoms with Gasteiger partial charge in [0.05, 0.1) is 0 Å². The average Bonchev–Trinajstić information content (AvgIpc) is 2.64. The molecule has 1 heterocycles. The number of amides is 4. The molecule has 3 rings (SSSR count). The topological polar surface area (TPSA) is 49.4 Å². The third-order valence-electron chi connectivity index (χ3n) is 3.68. The van der Waals surface area contributed by atoms with Crippen molar-refractivity contribution in [2.24, 2.45) is 11.8 Å². The van der Waals surface area contributed by atoms with E-state index in [4.69, 9.17) is 0 Å². The molecule has 0 aromatic heterocycles. The van der Waals surface area contributed by atoms with Crippen molar-refractivity contribution in [2.45, 2.75) is 31.7 Å². The molecule has 3 atom stereocenters. The Morgan fingerprint density at radius 3 is 2.38 bits per heavy atom. The molecule has 0 spiro atoms. The molecule has 3 unspecified atom stereocenters. The van der Waals surface area contributed by atoms with Crippen LogP contribution in [0.25, 0.3) is 0 Å². The number of imide groups is 2. The first-order valence-corrected chi connectivity index (χ1v) is 4.90. The highest BCUT2D eigenvalue weighted by molar-refractivity contribution is 6.12. The van der Waals surface area contributed by atoms with Gasteiger partial charge < -0.3 is 0 Å². The second-order valence-corrected chi connectivity index (χ2v) is 4.35. The van der Waals surface area contributed by atoms with Crippen molar-refractivity contribution >= 4 is 12.1 Å². The summed E-state index contributed by atoms with van der Waals surface area (Å²) < 4.78 is 0. The van der Waals surface area contributed by atoms with E-state index in [0.29, 0.717) is 5.92 Å². The van der Waals surface area contributed by atoms with Crippen molar-refractivity contribution in [3.63, 3.8) is 0 Å². The third kappa shape index (κ3) is 0.857. The number of hydrogen-bond donors (Lipinski definition) is 1. The highest BCUT2D eigenvalue weighted by Gasteiger charge is 2.49. The number of rotatable bonds is 1. The van der Waals surface area contributed by atoms with Crippen LogP contribution in [0, 0.1) is 11.8 Å². The van der Waals surface area contributed by atoms with Crippen LogP contribution in [0.1, 0.15) is 25.7 Å². The number of fused-ring (bicyclic) bond motifs is 2. The van der Waals surface area contributed by atoms with Gasteiger partial charge in [0.1, 0.15) is 0 Å². The zero-order valence-electron chi connectivity index (χ0n) is 7.32. The molecule has 0 radical (unpaired) electrons.